The minimum atomic E-state index is -0.635. The van der Waals surface area contributed by atoms with Crippen LogP contribution < -0.4 is 10.1 Å². The van der Waals surface area contributed by atoms with Gasteiger partial charge in [0.05, 0.1) is 19.8 Å². The lowest BCUT2D eigenvalue weighted by Gasteiger charge is -2.34. The van der Waals surface area contributed by atoms with E-state index in [0.29, 0.717) is 11.0 Å². The molecular weight excluding hydrogens is 286 g/mol. The van der Waals surface area contributed by atoms with Gasteiger partial charge in [0.2, 0.25) is 0 Å². The highest BCUT2D eigenvalue weighted by atomic mass is 32.2. The molecule has 0 fully saturated rings. The minimum Gasteiger partial charge on any atom is -0.497 e. The number of aliphatic hydroxyl groups excluding tert-OH is 2. The third-order valence-corrected chi connectivity index (χ3v) is 5.41. The highest BCUT2D eigenvalue weighted by molar-refractivity contribution is 8.00. The van der Waals surface area contributed by atoms with Gasteiger partial charge in [-0.1, -0.05) is 13.0 Å². The number of thioether (sulfide) groups is 1. The van der Waals surface area contributed by atoms with Crippen LogP contribution in [-0.2, 0) is 6.42 Å². The van der Waals surface area contributed by atoms with Crippen molar-refractivity contribution >= 4 is 11.8 Å². The summed E-state index contributed by atoms with van der Waals surface area (Å²) in [5.41, 5.74) is 2.68. The smallest absolute Gasteiger partial charge is 0.119 e. The number of hydrogen-bond acceptors (Lipinski definition) is 5. The second kappa shape index (κ2) is 8.03. The molecule has 1 aliphatic rings. The molecule has 3 atom stereocenters. The van der Waals surface area contributed by atoms with Crippen LogP contribution in [0, 0.1) is 0 Å². The fourth-order valence-electron chi connectivity index (χ4n) is 2.81. The van der Waals surface area contributed by atoms with Crippen molar-refractivity contribution in [1.82, 2.24) is 5.32 Å². The monoisotopic (exact) mass is 311 g/mol. The summed E-state index contributed by atoms with van der Waals surface area (Å²) in [4.78, 5) is 0. The first-order valence-electron chi connectivity index (χ1n) is 7.50. The van der Waals surface area contributed by atoms with Gasteiger partial charge in [-0.05, 0) is 42.6 Å². The molecule has 1 aromatic carbocycles. The van der Waals surface area contributed by atoms with E-state index in [9.17, 15) is 5.11 Å². The lowest BCUT2D eigenvalue weighted by atomic mass is 9.87. The van der Waals surface area contributed by atoms with E-state index in [2.05, 4.69) is 24.4 Å². The highest BCUT2D eigenvalue weighted by Gasteiger charge is 2.30. The molecule has 0 aliphatic heterocycles. The Hall–Kier alpha value is -0.750. The lowest BCUT2D eigenvalue weighted by molar-refractivity contribution is 0.113. The molecule has 0 heterocycles. The van der Waals surface area contributed by atoms with Crippen molar-refractivity contribution in [3.8, 4) is 5.75 Å². The number of aryl methyl sites for hydroxylation is 1. The van der Waals surface area contributed by atoms with E-state index in [1.54, 1.807) is 18.9 Å². The Balaban J connectivity index is 2.16. The molecular formula is C16H25NO3S. The van der Waals surface area contributed by atoms with Crippen LogP contribution in [0.1, 0.15) is 30.5 Å². The summed E-state index contributed by atoms with van der Waals surface area (Å²) in [5.74, 6) is 1.46. The number of ether oxygens (including phenoxy) is 1. The molecule has 5 heteroatoms. The van der Waals surface area contributed by atoms with Crippen LogP contribution >= 0.6 is 11.8 Å². The average molecular weight is 311 g/mol. The van der Waals surface area contributed by atoms with Crippen LogP contribution in [0.15, 0.2) is 18.2 Å². The Bertz CT molecular complexity index is 455. The zero-order valence-corrected chi connectivity index (χ0v) is 13.5. The zero-order valence-electron chi connectivity index (χ0n) is 12.7. The van der Waals surface area contributed by atoms with Crippen LogP contribution in [0.4, 0.5) is 0 Å². The summed E-state index contributed by atoms with van der Waals surface area (Å²) >= 11 is 1.74. The first kappa shape index (κ1) is 16.6. The maximum atomic E-state index is 9.57. The summed E-state index contributed by atoms with van der Waals surface area (Å²) in [6.07, 6.45) is 1.50. The average Bonchev–Trinajstić information content (AvgIpc) is 2.53. The fraction of sp³-hybridized carbons (Fsp3) is 0.625. The molecule has 21 heavy (non-hydrogen) atoms. The van der Waals surface area contributed by atoms with Gasteiger partial charge < -0.3 is 20.3 Å². The number of aliphatic hydroxyl groups is 2. The van der Waals surface area contributed by atoms with Crippen LogP contribution in [0.5, 0.6) is 5.75 Å². The maximum absolute atomic E-state index is 9.57. The summed E-state index contributed by atoms with van der Waals surface area (Å²) in [5, 5.41) is 22.5. The quantitative estimate of drug-likeness (QED) is 0.716. The van der Waals surface area contributed by atoms with Crippen molar-refractivity contribution in [2.24, 2.45) is 0 Å². The van der Waals surface area contributed by atoms with Crippen LogP contribution in [-0.4, -0.2) is 47.6 Å². The molecule has 0 saturated carbocycles. The molecule has 0 bridgehead atoms. The zero-order chi connectivity index (χ0) is 15.2. The number of methoxy groups -OCH3 is 1. The first-order valence-corrected chi connectivity index (χ1v) is 8.55. The third kappa shape index (κ3) is 4.13. The highest BCUT2D eigenvalue weighted by Crippen LogP contribution is 2.38. The van der Waals surface area contributed by atoms with Crippen molar-refractivity contribution in [3.63, 3.8) is 0 Å². The molecule has 0 radical (unpaired) electrons. The second-order valence-corrected chi connectivity index (χ2v) is 6.62. The normalized spacial score (nSPS) is 22.7. The molecule has 0 saturated heterocycles. The van der Waals surface area contributed by atoms with Crippen molar-refractivity contribution in [2.75, 3.05) is 26.0 Å². The lowest BCUT2D eigenvalue weighted by Crippen LogP contribution is -2.35. The Morgan fingerprint density at radius 2 is 2.29 bits per heavy atom. The molecule has 0 aromatic heterocycles. The molecule has 1 aliphatic carbocycles. The summed E-state index contributed by atoms with van der Waals surface area (Å²) in [6.45, 7) is 2.84. The van der Waals surface area contributed by atoms with Gasteiger partial charge in [-0.2, -0.15) is 11.8 Å². The SMILES string of the molecule is CCNC1c2cc(OC)ccc2CCC1SCC(O)CO. The number of hydrogen-bond donors (Lipinski definition) is 3. The topological polar surface area (TPSA) is 61.7 Å². The van der Waals surface area contributed by atoms with E-state index >= 15 is 0 Å². The molecule has 0 spiro atoms. The number of nitrogens with one attached hydrogen (secondary N) is 1. The molecule has 1 aromatic rings. The fourth-order valence-corrected chi connectivity index (χ4v) is 4.10. The van der Waals surface area contributed by atoms with Gasteiger partial charge in [-0.15, -0.1) is 0 Å². The molecule has 3 N–H and O–H groups in total. The Morgan fingerprint density at radius 1 is 1.48 bits per heavy atom. The molecule has 2 rings (SSSR count). The second-order valence-electron chi connectivity index (χ2n) is 5.35. The minimum absolute atomic E-state index is 0.171. The Kier molecular flexibility index (Phi) is 6.36. The molecule has 118 valence electrons. The summed E-state index contributed by atoms with van der Waals surface area (Å²) < 4.78 is 5.35. The van der Waals surface area contributed by atoms with Gasteiger partial charge in [0.15, 0.2) is 0 Å². The van der Waals surface area contributed by atoms with Gasteiger partial charge in [-0.3, -0.25) is 0 Å². The van der Waals surface area contributed by atoms with E-state index in [4.69, 9.17) is 9.84 Å². The molecule has 0 amide bonds. The van der Waals surface area contributed by atoms with Crippen molar-refractivity contribution < 1.29 is 14.9 Å². The summed E-state index contributed by atoms with van der Waals surface area (Å²) in [7, 11) is 1.69. The predicted molar refractivity (Wildman–Crippen MR) is 87.1 cm³/mol. The van der Waals surface area contributed by atoms with Gasteiger partial charge in [0, 0.05) is 17.0 Å². The number of benzene rings is 1. The van der Waals surface area contributed by atoms with Crippen molar-refractivity contribution in [1.29, 1.82) is 0 Å². The Morgan fingerprint density at radius 3 is 2.95 bits per heavy atom. The maximum Gasteiger partial charge on any atom is 0.119 e. The number of rotatable bonds is 7. The van der Waals surface area contributed by atoms with E-state index < -0.39 is 6.10 Å². The largest absolute Gasteiger partial charge is 0.497 e. The van der Waals surface area contributed by atoms with Crippen molar-refractivity contribution in [3.05, 3.63) is 29.3 Å². The Labute approximate surface area is 130 Å². The van der Waals surface area contributed by atoms with E-state index in [1.807, 2.05) is 6.07 Å². The molecule has 3 unspecified atom stereocenters. The van der Waals surface area contributed by atoms with Crippen molar-refractivity contribution in [2.45, 2.75) is 37.2 Å². The van der Waals surface area contributed by atoms with Crippen LogP contribution in [0.3, 0.4) is 0 Å². The van der Waals surface area contributed by atoms with E-state index in [0.717, 1.165) is 25.1 Å². The number of fused-ring (bicyclic) bond motifs is 1. The van der Waals surface area contributed by atoms with Crippen LogP contribution in [0.25, 0.3) is 0 Å². The third-order valence-electron chi connectivity index (χ3n) is 3.90. The van der Waals surface area contributed by atoms with Gasteiger partial charge in [-0.25, -0.2) is 0 Å². The summed E-state index contributed by atoms with van der Waals surface area (Å²) in [6, 6.07) is 6.56. The van der Waals surface area contributed by atoms with Gasteiger partial charge in [0.1, 0.15) is 5.75 Å². The van der Waals surface area contributed by atoms with E-state index in [1.165, 1.54) is 11.1 Å². The van der Waals surface area contributed by atoms with Gasteiger partial charge in [0.25, 0.3) is 0 Å². The van der Waals surface area contributed by atoms with Crippen LogP contribution in [0.2, 0.25) is 0 Å². The first-order chi connectivity index (χ1) is 10.2. The predicted octanol–water partition coefficient (Wildman–Crippen LogP) is 1.75. The van der Waals surface area contributed by atoms with Gasteiger partial charge >= 0.3 is 0 Å². The molecule has 4 nitrogen and oxygen atoms in total. The van der Waals surface area contributed by atoms with E-state index in [-0.39, 0.29) is 12.6 Å². The standard InChI is InChI=1S/C16H25NO3S/c1-3-17-16-14-8-13(20-2)6-4-11(14)5-7-15(16)21-10-12(19)9-18/h4,6,8,12,15-19H,3,5,7,9-10H2,1-2H3.